The van der Waals surface area contributed by atoms with Crippen LogP contribution in [0.2, 0.25) is 10.0 Å². The lowest BCUT2D eigenvalue weighted by atomic mass is 9.79. The fraction of sp³-hybridized carbons (Fsp3) is 0.367. The van der Waals surface area contributed by atoms with Gasteiger partial charge in [0.05, 0.1) is 17.7 Å². The van der Waals surface area contributed by atoms with Gasteiger partial charge in [-0.3, -0.25) is 0 Å². The number of ether oxygens (including phenoxy) is 2. The van der Waals surface area contributed by atoms with Crippen LogP contribution >= 0.6 is 23.2 Å². The molecule has 7 rings (SSSR count). The number of nitrogens with zero attached hydrogens (tertiary/aromatic N) is 3. The van der Waals surface area contributed by atoms with E-state index in [9.17, 15) is 0 Å². The largest absolute Gasteiger partial charge is 0.385 e. The molecule has 56 heavy (non-hydrogen) atoms. The van der Waals surface area contributed by atoms with Crippen LogP contribution < -0.4 is 9.80 Å². The van der Waals surface area contributed by atoms with Gasteiger partial charge in [-0.25, -0.2) is 0 Å². The molecule has 2 heterocycles. The van der Waals surface area contributed by atoms with Crippen molar-refractivity contribution < 1.29 is 14.0 Å². The Kier molecular flexibility index (Phi) is 12.3. The number of benzene rings is 4. The normalized spacial score (nSPS) is 19.1. The molecule has 0 aromatic heterocycles. The van der Waals surface area contributed by atoms with Crippen LogP contribution in [0.4, 0.5) is 22.7 Å². The molecule has 0 radical (unpaired) electrons. The summed E-state index contributed by atoms with van der Waals surface area (Å²) in [6.07, 6.45) is 12.0. The zero-order valence-corrected chi connectivity index (χ0v) is 35.3. The smallest absolute Gasteiger partial charge is 0.209 e. The fourth-order valence-electron chi connectivity index (χ4n) is 9.20. The molecule has 0 N–H and O–H groups in total. The van der Waals surface area contributed by atoms with Crippen molar-refractivity contribution in [3.8, 4) is 0 Å². The maximum absolute atomic E-state index is 6.62. The van der Waals surface area contributed by atoms with Crippen LogP contribution in [0.3, 0.4) is 0 Å². The summed E-state index contributed by atoms with van der Waals surface area (Å²) in [5.41, 5.74) is 12.3. The van der Waals surface area contributed by atoms with Crippen molar-refractivity contribution in [3.05, 3.63) is 153 Å². The number of rotatable bonds is 15. The molecular weight excluding hydrogens is 733 g/mol. The number of anilines is 3. The molecule has 0 saturated heterocycles. The predicted octanol–water partition coefficient (Wildman–Crippen LogP) is 12.4. The Hall–Kier alpha value is -4.13. The number of fused-ring (bicyclic) bond motifs is 2. The van der Waals surface area contributed by atoms with E-state index >= 15 is 0 Å². The van der Waals surface area contributed by atoms with Gasteiger partial charge in [0.25, 0.3) is 0 Å². The van der Waals surface area contributed by atoms with Crippen molar-refractivity contribution >= 4 is 51.7 Å². The highest BCUT2D eigenvalue weighted by molar-refractivity contribution is 6.31. The maximum Gasteiger partial charge on any atom is 0.209 e. The molecule has 0 amide bonds. The van der Waals surface area contributed by atoms with Crippen molar-refractivity contribution in [2.24, 2.45) is 0 Å². The van der Waals surface area contributed by atoms with Gasteiger partial charge < -0.3 is 19.3 Å². The van der Waals surface area contributed by atoms with Crippen molar-refractivity contribution in [1.82, 2.24) is 0 Å². The standard InChI is InChI=1S/C49H56Cl2N3O2/c1-48(2)41-33-37(50)23-25-43(41)52(29-13-31-55-5)45(48)27-21-35-19-20-36(47(35)54(39-15-9-7-10-16-39)40-17-11-8-12-18-40)22-28-46-49(3,4)42-34-38(51)24-26-44(42)53(46)30-14-32-56-6/h7-12,15-18,21-27,33-34,46H,13-14,19-20,28-32H2,1-6H3/q+1/b36-22+. The van der Waals surface area contributed by atoms with Crippen LogP contribution in [0.5, 0.6) is 0 Å². The van der Waals surface area contributed by atoms with E-state index < -0.39 is 0 Å². The highest BCUT2D eigenvalue weighted by atomic mass is 35.5. The monoisotopic (exact) mass is 788 g/mol. The number of allylic oxidation sites excluding steroid dienone is 4. The van der Waals surface area contributed by atoms with Crippen molar-refractivity contribution in [3.63, 3.8) is 0 Å². The average Bonchev–Trinajstić information content (AvgIpc) is 3.75. The summed E-state index contributed by atoms with van der Waals surface area (Å²) >= 11 is 13.2. The van der Waals surface area contributed by atoms with Gasteiger partial charge in [-0.2, -0.15) is 4.58 Å². The third-order valence-electron chi connectivity index (χ3n) is 12.1. The summed E-state index contributed by atoms with van der Waals surface area (Å²) in [7, 11) is 3.56. The summed E-state index contributed by atoms with van der Waals surface area (Å²) < 4.78 is 13.5. The molecule has 1 aliphatic carbocycles. The zero-order valence-electron chi connectivity index (χ0n) is 33.8. The molecule has 1 unspecified atom stereocenters. The van der Waals surface area contributed by atoms with E-state index in [1.165, 1.54) is 45.1 Å². The van der Waals surface area contributed by atoms with E-state index in [1.807, 2.05) is 12.1 Å². The van der Waals surface area contributed by atoms with E-state index in [1.54, 1.807) is 14.2 Å². The zero-order chi connectivity index (χ0) is 39.5. The first-order valence-corrected chi connectivity index (χ1v) is 20.8. The van der Waals surface area contributed by atoms with Crippen LogP contribution in [0, 0.1) is 0 Å². The summed E-state index contributed by atoms with van der Waals surface area (Å²) in [6.45, 7) is 12.6. The van der Waals surface area contributed by atoms with Crippen molar-refractivity contribution in [1.29, 1.82) is 0 Å². The Morgan fingerprint density at radius 1 is 0.768 bits per heavy atom. The van der Waals surface area contributed by atoms with E-state index in [2.05, 4.69) is 145 Å². The Labute approximate surface area is 344 Å². The molecule has 0 bridgehead atoms. The highest BCUT2D eigenvalue weighted by Gasteiger charge is 2.45. The lowest BCUT2D eigenvalue weighted by Gasteiger charge is -2.34. The van der Waals surface area contributed by atoms with Gasteiger partial charge in [-0.1, -0.05) is 85.6 Å². The molecule has 292 valence electrons. The molecule has 0 fully saturated rings. The summed E-state index contributed by atoms with van der Waals surface area (Å²) in [6, 6.07) is 34.7. The quantitative estimate of drug-likeness (QED) is 0.0886. The van der Waals surface area contributed by atoms with Gasteiger partial charge >= 0.3 is 0 Å². The number of halogens is 2. The van der Waals surface area contributed by atoms with Gasteiger partial charge in [-0.15, -0.1) is 0 Å². The van der Waals surface area contributed by atoms with Crippen LogP contribution in [-0.2, 0) is 20.3 Å². The van der Waals surface area contributed by atoms with Crippen LogP contribution in [0.15, 0.2) is 132 Å². The molecular formula is C49H56Cl2N3O2+. The van der Waals surface area contributed by atoms with Gasteiger partial charge in [0.15, 0.2) is 12.3 Å². The van der Waals surface area contributed by atoms with E-state index in [0.29, 0.717) is 6.61 Å². The molecule has 3 aliphatic rings. The Morgan fingerprint density at radius 3 is 2.05 bits per heavy atom. The fourth-order valence-corrected chi connectivity index (χ4v) is 9.54. The lowest BCUT2D eigenvalue weighted by Crippen LogP contribution is -2.42. The Bertz CT molecular complexity index is 2110. The molecule has 7 heteroatoms. The maximum atomic E-state index is 6.62. The minimum atomic E-state index is -0.224. The Morgan fingerprint density at radius 2 is 1.39 bits per heavy atom. The van der Waals surface area contributed by atoms with Crippen LogP contribution in [-0.4, -0.2) is 56.9 Å². The minimum absolute atomic E-state index is 0.0942. The molecule has 4 aromatic carbocycles. The van der Waals surface area contributed by atoms with Crippen LogP contribution in [0.25, 0.3) is 0 Å². The van der Waals surface area contributed by atoms with Gasteiger partial charge in [0.2, 0.25) is 5.69 Å². The number of para-hydroxylation sites is 2. The lowest BCUT2D eigenvalue weighted by molar-refractivity contribution is -0.438. The minimum Gasteiger partial charge on any atom is -0.385 e. The molecule has 4 aromatic rings. The number of hydrogen-bond donors (Lipinski definition) is 0. The number of hydrogen-bond acceptors (Lipinski definition) is 4. The molecule has 5 nitrogen and oxygen atoms in total. The second kappa shape index (κ2) is 17.2. The van der Waals surface area contributed by atoms with Crippen LogP contribution in [0.1, 0.15) is 70.9 Å². The molecule has 1 atom stereocenters. The summed E-state index contributed by atoms with van der Waals surface area (Å²) in [5.74, 6) is 0. The first kappa shape index (κ1) is 40.1. The van der Waals surface area contributed by atoms with Crippen molar-refractivity contribution in [2.75, 3.05) is 50.3 Å². The number of methoxy groups -OCH3 is 2. The second-order valence-electron chi connectivity index (χ2n) is 16.3. The molecule has 0 spiro atoms. The molecule has 2 aliphatic heterocycles. The predicted molar refractivity (Wildman–Crippen MR) is 236 cm³/mol. The first-order chi connectivity index (χ1) is 27.1. The second-order valence-corrected chi connectivity index (χ2v) is 17.2. The average molecular weight is 790 g/mol. The third kappa shape index (κ3) is 7.89. The summed E-state index contributed by atoms with van der Waals surface area (Å²) in [4.78, 5) is 5.08. The SMILES string of the molecule is COCCCN1c2ccc(Cl)cc2C(C)(C)C1C/C=C1\CCC(/C=C/C2=[N+](CCCOC)c3ccc(Cl)cc3C2(C)C)=C1N(c1ccccc1)c1ccccc1. The highest BCUT2D eigenvalue weighted by Crippen LogP contribution is 2.49. The first-order valence-electron chi connectivity index (χ1n) is 20.1. The Balaban J connectivity index is 1.34. The topological polar surface area (TPSA) is 28.0 Å². The van der Waals surface area contributed by atoms with E-state index in [-0.39, 0.29) is 16.9 Å². The van der Waals surface area contributed by atoms with Gasteiger partial charge in [0.1, 0.15) is 0 Å². The van der Waals surface area contributed by atoms with Crippen molar-refractivity contribution in [2.45, 2.75) is 76.7 Å². The van der Waals surface area contributed by atoms with E-state index in [4.69, 9.17) is 32.7 Å². The van der Waals surface area contributed by atoms with E-state index in [0.717, 1.165) is 73.2 Å². The summed E-state index contributed by atoms with van der Waals surface area (Å²) in [5, 5.41) is 1.56. The van der Waals surface area contributed by atoms with Gasteiger partial charge in [-0.05, 0) is 111 Å². The van der Waals surface area contributed by atoms with Gasteiger partial charge in [0, 0.05) is 90.1 Å². The molecule has 0 saturated carbocycles. The third-order valence-corrected chi connectivity index (χ3v) is 12.5.